The first-order chi connectivity index (χ1) is 9.95. The van der Waals surface area contributed by atoms with E-state index in [2.05, 4.69) is 19.9 Å². The van der Waals surface area contributed by atoms with Crippen molar-refractivity contribution in [3.8, 4) is 5.95 Å². The molecule has 0 aliphatic rings. The van der Waals surface area contributed by atoms with Gasteiger partial charge in [-0.2, -0.15) is 15.0 Å². The minimum absolute atomic E-state index is 0.0105. The SMILES string of the molecule is NC(=O)CN(CC(N)=O)c1nc(Cl)nc(-n2ccnc2)n1. The van der Waals surface area contributed by atoms with Crippen molar-refractivity contribution in [2.24, 2.45) is 11.5 Å². The second kappa shape index (κ2) is 6.13. The van der Waals surface area contributed by atoms with E-state index in [0.717, 1.165) is 0 Å². The number of nitrogens with two attached hydrogens (primary N) is 2. The number of carbonyl (C=O) groups excluding carboxylic acids is 2. The molecule has 0 aliphatic carbocycles. The van der Waals surface area contributed by atoms with Gasteiger partial charge in [-0.3, -0.25) is 14.2 Å². The maximum Gasteiger partial charge on any atom is 0.241 e. The van der Waals surface area contributed by atoms with Crippen molar-refractivity contribution in [3.05, 3.63) is 24.0 Å². The van der Waals surface area contributed by atoms with Crippen LogP contribution in [0.15, 0.2) is 18.7 Å². The lowest BCUT2D eigenvalue weighted by atomic mass is 10.4. The standard InChI is InChI=1S/C10H11ClN8O2/c11-8-15-9(18-2-1-14-5-18)17-10(16-8)19(3-6(12)20)4-7(13)21/h1-2,5H,3-4H2,(H2,12,20)(H2,13,21). The lowest BCUT2D eigenvalue weighted by molar-refractivity contribution is -0.117. The van der Waals surface area contributed by atoms with Crippen LogP contribution in [0, 0.1) is 0 Å². The minimum Gasteiger partial charge on any atom is -0.368 e. The molecule has 0 bridgehead atoms. The zero-order chi connectivity index (χ0) is 15.4. The number of hydrogen-bond donors (Lipinski definition) is 2. The molecule has 2 aromatic heterocycles. The molecule has 0 spiro atoms. The van der Waals surface area contributed by atoms with Gasteiger partial charge in [-0.05, 0) is 11.6 Å². The summed E-state index contributed by atoms with van der Waals surface area (Å²) < 4.78 is 1.49. The van der Waals surface area contributed by atoms with Crippen molar-refractivity contribution >= 4 is 29.4 Å². The van der Waals surface area contributed by atoms with Gasteiger partial charge in [-0.15, -0.1) is 0 Å². The molecule has 2 heterocycles. The summed E-state index contributed by atoms with van der Waals surface area (Å²) in [4.78, 5) is 39.1. The molecule has 2 rings (SSSR count). The summed E-state index contributed by atoms with van der Waals surface area (Å²) in [6.07, 6.45) is 4.59. The fourth-order valence-electron chi connectivity index (χ4n) is 1.54. The monoisotopic (exact) mass is 310 g/mol. The van der Waals surface area contributed by atoms with Crippen molar-refractivity contribution < 1.29 is 9.59 Å². The minimum atomic E-state index is -0.669. The number of aromatic nitrogens is 5. The number of anilines is 1. The fraction of sp³-hybridized carbons (Fsp3) is 0.200. The highest BCUT2D eigenvalue weighted by Gasteiger charge is 2.17. The second-order valence-corrected chi connectivity index (χ2v) is 4.30. The molecule has 0 saturated carbocycles. The number of halogens is 1. The predicted octanol–water partition coefficient (Wildman–Crippen LogP) is -1.51. The summed E-state index contributed by atoms with van der Waals surface area (Å²) >= 11 is 5.83. The van der Waals surface area contributed by atoms with Gasteiger partial charge < -0.3 is 16.4 Å². The van der Waals surface area contributed by atoms with Crippen LogP contribution in [0.5, 0.6) is 0 Å². The first-order valence-electron chi connectivity index (χ1n) is 5.67. The zero-order valence-electron chi connectivity index (χ0n) is 10.7. The highest BCUT2D eigenvalue weighted by atomic mass is 35.5. The highest BCUT2D eigenvalue weighted by molar-refractivity contribution is 6.28. The Morgan fingerprint density at radius 3 is 2.38 bits per heavy atom. The van der Waals surface area contributed by atoms with Crippen molar-refractivity contribution in [3.63, 3.8) is 0 Å². The number of carbonyl (C=O) groups is 2. The third-order valence-electron chi connectivity index (χ3n) is 2.30. The zero-order valence-corrected chi connectivity index (χ0v) is 11.4. The number of hydrogen-bond acceptors (Lipinski definition) is 7. The predicted molar refractivity (Wildman–Crippen MR) is 72.6 cm³/mol. The quantitative estimate of drug-likeness (QED) is 0.659. The number of imidazole rings is 1. The van der Waals surface area contributed by atoms with Crippen LogP contribution in [0.2, 0.25) is 5.28 Å². The first kappa shape index (κ1) is 14.7. The number of nitrogens with zero attached hydrogens (tertiary/aromatic N) is 6. The lowest BCUT2D eigenvalue weighted by Crippen LogP contribution is -2.40. The maximum atomic E-state index is 11.1. The third-order valence-corrected chi connectivity index (χ3v) is 2.47. The molecule has 10 nitrogen and oxygen atoms in total. The molecule has 2 aromatic rings. The van der Waals surface area contributed by atoms with Gasteiger partial charge in [0.1, 0.15) is 19.4 Å². The average Bonchev–Trinajstić information content (AvgIpc) is 2.90. The molecule has 11 heteroatoms. The summed E-state index contributed by atoms with van der Waals surface area (Å²) in [6, 6.07) is 0. The molecule has 0 atom stereocenters. The van der Waals surface area contributed by atoms with Crippen LogP contribution >= 0.6 is 11.6 Å². The molecular formula is C10H11ClN8O2. The first-order valence-corrected chi connectivity index (χ1v) is 6.05. The Balaban J connectivity index is 2.40. The molecule has 2 amide bonds. The van der Waals surface area contributed by atoms with Gasteiger partial charge in [0, 0.05) is 12.4 Å². The highest BCUT2D eigenvalue weighted by Crippen LogP contribution is 2.13. The molecular weight excluding hydrogens is 300 g/mol. The Bertz CT molecular complexity index is 643. The fourth-order valence-corrected chi connectivity index (χ4v) is 1.69. The Morgan fingerprint density at radius 1 is 1.19 bits per heavy atom. The van der Waals surface area contributed by atoms with Crippen LogP contribution in [0.1, 0.15) is 0 Å². The molecule has 21 heavy (non-hydrogen) atoms. The summed E-state index contributed by atoms with van der Waals surface area (Å²) in [5.41, 5.74) is 10.3. The van der Waals surface area contributed by atoms with Crippen LogP contribution in [0.4, 0.5) is 5.95 Å². The maximum absolute atomic E-state index is 11.1. The van der Waals surface area contributed by atoms with Crippen LogP contribution in [-0.2, 0) is 9.59 Å². The normalized spacial score (nSPS) is 10.3. The van der Waals surface area contributed by atoms with Gasteiger partial charge >= 0.3 is 0 Å². The van der Waals surface area contributed by atoms with Gasteiger partial charge in [0.05, 0.1) is 0 Å². The molecule has 0 aliphatic heterocycles. The van der Waals surface area contributed by atoms with Gasteiger partial charge in [0.2, 0.25) is 29.0 Å². The molecule has 0 saturated heterocycles. The van der Waals surface area contributed by atoms with E-state index in [1.807, 2.05) is 0 Å². The number of primary amides is 2. The van der Waals surface area contributed by atoms with Crippen molar-refractivity contribution in [1.29, 1.82) is 0 Å². The van der Waals surface area contributed by atoms with E-state index >= 15 is 0 Å². The Hall–Kier alpha value is -2.75. The Kier molecular flexibility index (Phi) is 4.28. The Morgan fingerprint density at radius 2 is 1.86 bits per heavy atom. The van der Waals surface area contributed by atoms with Crippen molar-refractivity contribution in [1.82, 2.24) is 24.5 Å². The van der Waals surface area contributed by atoms with Crippen LogP contribution in [0.25, 0.3) is 5.95 Å². The molecule has 0 aromatic carbocycles. The van der Waals surface area contributed by atoms with E-state index in [1.54, 1.807) is 6.20 Å². The van der Waals surface area contributed by atoms with Crippen molar-refractivity contribution in [2.45, 2.75) is 0 Å². The van der Waals surface area contributed by atoms with Crippen LogP contribution in [0.3, 0.4) is 0 Å². The van der Waals surface area contributed by atoms with E-state index in [0.29, 0.717) is 0 Å². The summed E-state index contributed by atoms with van der Waals surface area (Å²) in [5, 5.41) is -0.109. The van der Waals surface area contributed by atoms with Gasteiger partial charge in [0.15, 0.2) is 0 Å². The van der Waals surface area contributed by atoms with E-state index in [-0.39, 0.29) is 30.3 Å². The molecule has 4 N–H and O–H groups in total. The summed E-state index contributed by atoms with van der Waals surface area (Å²) in [7, 11) is 0. The van der Waals surface area contributed by atoms with E-state index in [1.165, 1.54) is 22.0 Å². The molecule has 110 valence electrons. The van der Waals surface area contributed by atoms with Gasteiger partial charge in [-0.25, -0.2) is 4.98 Å². The van der Waals surface area contributed by atoms with E-state index in [9.17, 15) is 9.59 Å². The largest absolute Gasteiger partial charge is 0.368 e. The smallest absolute Gasteiger partial charge is 0.241 e. The topological polar surface area (TPSA) is 146 Å². The molecule has 0 unspecified atom stereocenters. The lowest BCUT2D eigenvalue weighted by Gasteiger charge is -2.19. The van der Waals surface area contributed by atoms with Crippen molar-refractivity contribution in [2.75, 3.05) is 18.0 Å². The van der Waals surface area contributed by atoms with E-state index < -0.39 is 11.8 Å². The van der Waals surface area contributed by atoms with Crippen LogP contribution < -0.4 is 16.4 Å². The summed E-state index contributed by atoms with van der Waals surface area (Å²) in [5.74, 6) is -1.15. The number of rotatable bonds is 6. The van der Waals surface area contributed by atoms with E-state index in [4.69, 9.17) is 23.1 Å². The van der Waals surface area contributed by atoms with Gasteiger partial charge in [-0.1, -0.05) is 0 Å². The van der Waals surface area contributed by atoms with Crippen LogP contribution in [-0.4, -0.2) is 49.4 Å². The molecule has 0 radical (unpaired) electrons. The number of amides is 2. The third kappa shape index (κ3) is 3.86. The average molecular weight is 311 g/mol. The van der Waals surface area contributed by atoms with Gasteiger partial charge in [0.25, 0.3) is 0 Å². The summed E-state index contributed by atoms with van der Waals surface area (Å²) in [6.45, 7) is -0.570. The molecule has 0 fully saturated rings. The Labute approximate surface area is 123 Å². The second-order valence-electron chi connectivity index (χ2n) is 3.96.